The van der Waals surface area contributed by atoms with Gasteiger partial charge in [-0.2, -0.15) is 0 Å². The van der Waals surface area contributed by atoms with Crippen LogP contribution in [0, 0.1) is 0 Å². The van der Waals surface area contributed by atoms with Crippen molar-refractivity contribution in [1.82, 2.24) is 4.90 Å². The fraction of sp³-hybridized carbons (Fsp3) is 0.923. The number of nitrogens with zero attached hydrogens (tertiary/aromatic N) is 1. The second kappa shape index (κ2) is 12.7. The highest BCUT2D eigenvalue weighted by atomic mass is 16.5. The number of aliphatic hydroxyl groups excluding tert-OH is 4. The standard InChI is InChI=1S/C13H27NO8/c1-10(17)14(9-21-6-11(18)4-15)3-13(8-20-2)22-7-12(19)5-16/h11-13,15-16,18-19H,3-9H2,1-2H3. The molecule has 0 radical (unpaired) electrons. The summed E-state index contributed by atoms with van der Waals surface area (Å²) in [6, 6.07) is 0. The average molecular weight is 325 g/mol. The van der Waals surface area contributed by atoms with E-state index < -0.39 is 31.5 Å². The van der Waals surface area contributed by atoms with Crippen LogP contribution in [0.5, 0.6) is 0 Å². The molecule has 3 atom stereocenters. The van der Waals surface area contributed by atoms with Crippen LogP contribution in [0.4, 0.5) is 0 Å². The van der Waals surface area contributed by atoms with Gasteiger partial charge in [0, 0.05) is 14.0 Å². The van der Waals surface area contributed by atoms with Gasteiger partial charge < -0.3 is 39.5 Å². The van der Waals surface area contributed by atoms with Crippen molar-refractivity contribution in [1.29, 1.82) is 0 Å². The van der Waals surface area contributed by atoms with E-state index in [9.17, 15) is 15.0 Å². The molecule has 0 heterocycles. The summed E-state index contributed by atoms with van der Waals surface area (Å²) in [5.74, 6) is -0.258. The second-order valence-corrected chi connectivity index (χ2v) is 4.82. The normalized spacial score (nSPS) is 15.4. The molecule has 9 nitrogen and oxygen atoms in total. The van der Waals surface area contributed by atoms with Gasteiger partial charge in [-0.15, -0.1) is 0 Å². The lowest BCUT2D eigenvalue weighted by molar-refractivity contribution is -0.141. The van der Waals surface area contributed by atoms with E-state index in [1.165, 1.54) is 18.9 Å². The molecule has 0 bridgehead atoms. The molecule has 0 aromatic carbocycles. The maximum Gasteiger partial charge on any atom is 0.221 e. The van der Waals surface area contributed by atoms with Crippen molar-refractivity contribution in [2.75, 3.05) is 53.4 Å². The molecule has 1 amide bonds. The molecule has 0 fully saturated rings. The first-order valence-corrected chi connectivity index (χ1v) is 6.96. The van der Waals surface area contributed by atoms with Gasteiger partial charge in [0.05, 0.1) is 45.7 Å². The molecule has 0 spiro atoms. The van der Waals surface area contributed by atoms with Crippen LogP contribution in [-0.2, 0) is 19.0 Å². The van der Waals surface area contributed by atoms with Crippen LogP contribution in [0.2, 0.25) is 0 Å². The maximum atomic E-state index is 11.6. The largest absolute Gasteiger partial charge is 0.394 e. The van der Waals surface area contributed by atoms with Crippen LogP contribution in [0.15, 0.2) is 0 Å². The van der Waals surface area contributed by atoms with Crippen LogP contribution >= 0.6 is 0 Å². The van der Waals surface area contributed by atoms with Crippen LogP contribution in [0.25, 0.3) is 0 Å². The minimum Gasteiger partial charge on any atom is -0.394 e. The van der Waals surface area contributed by atoms with Gasteiger partial charge in [-0.1, -0.05) is 0 Å². The van der Waals surface area contributed by atoms with Crippen molar-refractivity contribution in [2.45, 2.75) is 25.2 Å². The van der Waals surface area contributed by atoms with E-state index >= 15 is 0 Å². The SMILES string of the molecule is COCC(CN(COCC(O)CO)C(C)=O)OCC(O)CO. The molecule has 0 saturated heterocycles. The van der Waals surface area contributed by atoms with Crippen molar-refractivity contribution < 1.29 is 39.4 Å². The summed E-state index contributed by atoms with van der Waals surface area (Å²) in [4.78, 5) is 12.9. The van der Waals surface area contributed by atoms with Gasteiger partial charge in [0.2, 0.25) is 5.91 Å². The molecule has 0 aliphatic heterocycles. The van der Waals surface area contributed by atoms with Crippen molar-refractivity contribution >= 4 is 5.91 Å². The topological polar surface area (TPSA) is 129 Å². The van der Waals surface area contributed by atoms with Crippen molar-refractivity contribution in [3.63, 3.8) is 0 Å². The highest BCUT2D eigenvalue weighted by molar-refractivity contribution is 5.73. The molecule has 9 heteroatoms. The Morgan fingerprint density at radius 2 is 1.68 bits per heavy atom. The highest BCUT2D eigenvalue weighted by Crippen LogP contribution is 2.02. The summed E-state index contributed by atoms with van der Waals surface area (Å²) in [6.45, 7) is 0.626. The molecule has 132 valence electrons. The monoisotopic (exact) mass is 325 g/mol. The van der Waals surface area contributed by atoms with E-state index in [1.54, 1.807) is 0 Å². The highest BCUT2D eigenvalue weighted by Gasteiger charge is 2.19. The Balaban J connectivity index is 4.35. The predicted molar refractivity (Wildman–Crippen MR) is 76.0 cm³/mol. The molecule has 0 rings (SSSR count). The number of carbonyl (C=O) groups excluding carboxylic acids is 1. The minimum atomic E-state index is -1.00. The molecular formula is C13H27NO8. The summed E-state index contributed by atoms with van der Waals surface area (Å²) < 4.78 is 15.5. The summed E-state index contributed by atoms with van der Waals surface area (Å²) in [6.07, 6.45) is -2.50. The number of hydrogen-bond donors (Lipinski definition) is 4. The number of aliphatic hydroxyl groups is 4. The van der Waals surface area contributed by atoms with E-state index in [1.807, 2.05) is 0 Å². The second-order valence-electron chi connectivity index (χ2n) is 4.82. The zero-order chi connectivity index (χ0) is 17.0. The first-order chi connectivity index (χ1) is 10.4. The number of carbonyl (C=O) groups is 1. The molecule has 0 aromatic rings. The molecule has 0 saturated carbocycles. The minimum absolute atomic E-state index is 0.0709. The lowest BCUT2D eigenvalue weighted by Gasteiger charge is -2.27. The Hall–Kier alpha value is -0.810. The van der Waals surface area contributed by atoms with Crippen LogP contribution in [-0.4, -0.2) is 103 Å². The molecule has 4 N–H and O–H groups in total. The number of amides is 1. The number of ether oxygens (including phenoxy) is 3. The zero-order valence-electron chi connectivity index (χ0n) is 13.1. The lowest BCUT2D eigenvalue weighted by Crippen LogP contribution is -2.42. The molecule has 0 aliphatic rings. The Labute approximate surface area is 130 Å². The van der Waals surface area contributed by atoms with Crippen molar-refractivity contribution in [3.05, 3.63) is 0 Å². The molecular weight excluding hydrogens is 298 g/mol. The molecule has 0 aromatic heterocycles. The maximum absolute atomic E-state index is 11.6. The fourth-order valence-corrected chi connectivity index (χ4v) is 1.51. The number of hydrogen-bond acceptors (Lipinski definition) is 8. The van der Waals surface area contributed by atoms with Gasteiger partial charge in [0.25, 0.3) is 0 Å². The summed E-state index contributed by atoms with van der Waals surface area (Å²) in [5, 5.41) is 35.9. The van der Waals surface area contributed by atoms with E-state index in [-0.39, 0.29) is 39.0 Å². The first-order valence-electron chi connectivity index (χ1n) is 6.96. The Morgan fingerprint density at radius 1 is 1.09 bits per heavy atom. The van der Waals surface area contributed by atoms with E-state index in [0.717, 1.165) is 0 Å². The third-order valence-corrected chi connectivity index (χ3v) is 2.73. The number of rotatable bonds is 13. The Kier molecular flexibility index (Phi) is 12.2. The van der Waals surface area contributed by atoms with Crippen LogP contribution in [0.1, 0.15) is 6.92 Å². The molecule has 0 aliphatic carbocycles. The van der Waals surface area contributed by atoms with Gasteiger partial charge in [-0.05, 0) is 0 Å². The van der Waals surface area contributed by atoms with Crippen LogP contribution in [0.3, 0.4) is 0 Å². The first kappa shape index (κ1) is 21.2. The predicted octanol–water partition coefficient (Wildman–Crippen LogP) is -2.45. The van der Waals surface area contributed by atoms with Gasteiger partial charge in [0.1, 0.15) is 18.9 Å². The number of methoxy groups -OCH3 is 1. The van der Waals surface area contributed by atoms with Gasteiger partial charge in [-0.25, -0.2) is 0 Å². The van der Waals surface area contributed by atoms with Gasteiger partial charge in [-0.3, -0.25) is 4.79 Å². The molecule has 22 heavy (non-hydrogen) atoms. The lowest BCUT2D eigenvalue weighted by atomic mass is 10.3. The molecule has 3 unspecified atom stereocenters. The summed E-state index contributed by atoms with van der Waals surface area (Å²) in [5.41, 5.74) is 0. The summed E-state index contributed by atoms with van der Waals surface area (Å²) in [7, 11) is 1.48. The fourth-order valence-electron chi connectivity index (χ4n) is 1.51. The van der Waals surface area contributed by atoms with Crippen molar-refractivity contribution in [2.24, 2.45) is 0 Å². The Bertz CT molecular complexity index is 291. The van der Waals surface area contributed by atoms with E-state index in [4.69, 9.17) is 24.4 Å². The van der Waals surface area contributed by atoms with E-state index in [2.05, 4.69) is 0 Å². The van der Waals surface area contributed by atoms with E-state index in [0.29, 0.717) is 0 Å². The van der Waals surface area contributed by atoms with Crippen molar-refractivity contribution in [3.8, 4) is 0 Å². The van der Waals surface area contributed by atoms with Gasteiger partial charge in [0.15, 0.2) is 0 Å². The Morgan fingerprint density at radius 3 is 2.18 bits per heavy atom. The smallest absolute Gasteiger partial charge is 0.221 e. The van der Waals surface area contributed by atoms with Gasteiger partial charge >= 0.3 is 0 Å². The van der Waals surface area contributed by atoms with Crippen LogP contribution < -0.4 is 0 Å². The third-order valence-electron chi connectivity index (χ3n) is 2.73. The quantitative estimate of drug-likeness (QED) is 0.275. The zero-order valence-corrected chi connectivity index (χ0v) is 13.1. The third kappa shape index (κ3) is 10.0. The average Bonchev–Trinajstić information content (AvgIpc) is 2.50. The summed E-state index contributed by atoms with van der Waals surface area (Å²) >= 11 is 0.